The monoisotopic (exact) mass is 231 g/mol. The van der Waals surface area contributed by atoms with Crippen LogP contribution in [0.15, 0.2) is 18.3 Å². The van der Waals surface area contributed by atoms with Gasteiger partial charge in [0.25, 0.3) is 0 Å². The van der Waals surface area contributed by atoms with Gasteiger partial charge in [0.2, 0.25) is 0 Å². The van der Waals surface area contributed by atoms with Gasteiger partial charge in [0.1, 0.15) is 11.3 Å². The Morgan fingerprint density at radius 3 is 2.71 bits per heavy atom. The molecule has 0 saturated carbocycles. The Hall–Kier alpha value is -1.38. The van der Waals surface area contributed by atoms with E-state index in [1.54, 1.807) is 0 Å². The third-order valence-electron chi connectivity index (χ3n) is 2.69. The smallest absolute Gasteiger partial charge is 0.160 e. The maximum atomic E-state index is 4.69. The second-order valence-electron chi connectivity index (χ2n) is 5.77. The van der Waals surface area contributed by atoms with E-state index in [1.807, 2.05) is 18.3 Å². The zero-order valence-corrected chi connectivity index (χ0v) is 11.2. The molecule has 3 heteroatoms. The summed E-state index contributed by atoms with van der Waals surface area (Å²) in [5, 5.41) is 0. The third-order valence-corrected chi connectivity index (χ3v) is 2.69. The van der Waals surface area contributed by atoms with Gasteiger partial charge in [-0.25, -0.2) is 9.97 Å². The molecule has 0 aliphatic rings. The molecular formula is C14H21N3. The molecule has 0 fully saturated rings. The summed E-state index contributed by atoms with van der Waals surface area (Å²) in [6.45, 7) is 9.90. The molecule has 0 aliphatic carbocycles. The maximum Gasteiger partial charge on any atom is 0.160 e. The average molecular weight is 231 g/mol. The van der Waals surface area contributed by atoms with Crippen molar-refractivity contribution in [1.29, 1.82) is 0 Å². The van der Waals surface area contributed by atoms with Gasteiger partial charge in [-0.05, 0) is 24.0 Å². The van der Waals surface area contributed by atoms with Gasteiger partial charge >= 0.3 is 0 Å². The van der Waals surface area contributed by atoms with Gasteiger partial charge in [0.05, 0.1) is 0 Å². The second kappa shape index (κ2) is 4.47. The lowest BCUT2D eigenvalue weighted by atomic mass is 9.97. The minimum absolute atomic E-state index is 0.244. The molecule has 92 valence electrons. The number of rotatable bonds is 3. The van der Waals surface area contributed by atoms with Gasteiger partial charge in [-0.1, -0.05) is 27.7 Å². The molecule has 0 radical (unpaired) electrons. The predicted octanol–water partition coefficient (Wildman–Crippen LogP) is 3.43. The van der Waals surface area contributed by atoms with Crippen LogP contribution in [-0.4, -0.2) is 14.5 Å². The standard InChI is InChI=1S/C14H21N3/c1-5-7-12-16-11-8-6-9-15-13(11)17(12)10-14(2,3)4/h6,8-9H,5,7,10H2,1-4H3. The van der Waals surface area contributed by atoms with Gasteiger partial charge in [0.15, 0.2) is 5.65 Å². The Morgan fingerprint density at radius 2 is 2.06 bits per heavy atom. The fourth-order valence-electron chi connectivity index (χ4n) is 2.06. The zero-order chi connectivity index (χ0) is 12.5. The number of fused-ring (bicyclic) bond motifs is 1. The highest BCUT2D eigenvalue weighted by atomic mass is 15.1. The van der Waals surface area contributed by atoms with Crippen molar-refractivity contribution in [2.45, 2.75) is 47.1 Å². The zero-order valence-electron chi connectivity index (χ0n) is 11.2. The van der Waals surface area contributed by atoms with Gasteiger partial charge in [-0.15, -0.1) is 0 Å². The number of aryl methyl sites for hydroxylation is 1. The van der Waals surface area contributed by atoms with Crippen molar-refractivity contribution in [3.63, 3.8) is 0 Å². The quantitative estimate of drug-likeness (QED) is 0.810. The van der Waals surface area contributed by atoms with Gasteiger partial charge in [-0.2, -0.15) is 0 Å². The molecule has 0 saturated heterocycles. The molecule has 0 aromatic carbocycles. The number of hydrogen-bond donors (Lipinski definition) is 0. The van der Waals surface area contributed by atoms with E-state index in [9.17, 15) is 0 Å². The first-order valence-electron chi connectivity index (χ1n) is 6.31. The minimum atomic E-state index is 0.244. The van der Waals surface area contributed by atoms with Crippen LogP contribution < -0.4 is 0 Å². The summed E-state index contributed by atoms with van der Waals surface area (Å²) in [6, 6.07) is 3.99. The first-order chi connectivity index (χ1) is 8.01. The van der Waals surface area contributed by atoms with Crippen LogP contribution in [0.2, 0.25) is 0 Å². The van der Waals surface area contributed by atoms with E-state index >= 15 is 0 Å². The average Bonchev–Trinajstić information content (AvgIpc) is 2.56. The summed E-state index contributed by atoms with van der Waals surface area (Å²) >= 11 is 0. The molecule has 3 nitrogen and oxygen atoms in total. The number of hydrogen-bond acceptors (Lipinski definition) is 2. The number of imidazole rings is 1. The molecular weight excluding hydrogens is 210 g/mol. The largest absolute Gasteiger partial charge is 0.312 e. The highest BCUT2D eigenvalue weighted by molar-refractivity contribution is 5.71. The van der Waals surface area contributed by atoms with Gasteiger partial charge < -0.3 is 4.57 Å². The van der Waals surface area contributed by atoms with Crippen LogP contribution in [0, 0.1) is 5.41 Å². The second-order valence-corrected chi connectivity index (χ2v) is 5.77. The Labute approximate surface area is 103 Å². The van der Waals surface area contributed by atoms with Crippen molar-refractivity contribution in [2.75, 3.05) is 0 Å². The number of aromatic nitrogens is 3. The van der Waals surface area contributed by atoms with Crippen LogP contribution in [0.3, 0.4) is 0 Å². The Balaban J connectivity index is 2.51. The Bertz CT molecular complexity index is 506. The Morgan fingerprint density at radius 1 is 1.29 bits per heavy atom. The van der Waals surface area contributed by atoms with Crippen molar-refractivity contribution in [1.82, 2.24) is 14.5 Å². The van der Waals surface area contributed by atoms with Crippen molar-refractivity contribution >= 4 is 11.2 Å². The molecule has 0 spiro atoms. The fourth-order valence-corrected chi connectivity index (χ4v) is 2.06. The molecule has 2 aromatic heterocycles. The van der Waals surface area contributed by atoms with E-state index in [4.69, 9.17) is 0 Å². The lowest BCUT2D eigenvalue weighted by Gasteiger charge is -2.20. The summed E-state index contributed by atoms with van der Waals surface area (Å²) < 4.78 is 2.28. The first kappa shape index (κ1) is 12.1. The minimum Gasteiger partial charge on any atom is -0.312 e. The lowest BCUT2D eigenvalue weighted by molar-refractivity contribution is 0.342. The van der Waals surface area contributed by atoms with E-state index in [2.05, 4.69) is 42.2 Å². The molecule has 0 atom stereocenters. The lowest BCUT2D eigenvalue weighted by Crippen LogP contribution is -2.17. The molecule has 0 bridgehead atoms. The van der Waals surface area contributed by atoms with Crippen LogP contribution in [0.1, 0.15) is 39.9 Å². The Kier molecular flexibility index (Phi) is 3.18. The van der Waals surface area contributed by atoms with Crippen LogP contribution in [0.25, 0.3) is 11.2 Å². The predicted molar refractivity (Wildman–Crippen MR) is 71.0 cm³/mol. The van der Waals surface area contributed by atoms with Crippen LogP contribution >= 0.6 is 0 Å². The highest BCUT2D eigenvalue weighted by Crippen LogP contribution is 2.22. The van der Waals surface area contributed by atoms with Crippen molar-refractivity contribution in [2.24, 2.45) is 5.41 Å². The third kappa shape index (κ3) is 2.65. The van der Waals surface area contributed by atoms with E-state index in [1.165, 1.54) is 0 Å². The summed E-state index contributed by atoms with van der Waals surface area (Å²) in [7, 11) is 0. The topological polar surface area (TPSA) is 30.7 Å². The van der Waals surface area contributed by atoms with Gasteiger partial charge in [-0.3, -0.25) is 0 Å². The normalized spacial score (nSPS) is 12.2. The van der Waals surface area contributed by atoms with Crippen molar-refractivity contribution in [3.8, 4) is 0 Å². The molecule has 17 heavy (non-hydrogen) atoms. The maximum absolute atomic E-state index is 4.69. The SMILES string of the molecule is CCCc1nc2cccnc2n1CC(C)(C)C. The molecule has 0 amide bonds. The van der Waals surface area contributed by atoms with E-state index in [0.717, 1.165) is 36.4 Å². The number of pyridine rings is 1. The van der Waals surface area contributed by atoms with E-state index in [0.29, 0.717) is 0 Å². The first-order valence-corrected chi connectivity index (χ1v) is 6.31. The molecule has 0 N–H and O–H groups in total. The molecule has 0 aliphatic heterocycles. The summed E-state index contributed by atoms with van der Waals surface area (Å²) in [6.07, 6.45) is 3.98. The fraction of sp³-hybridized carbons (Fsp3) is 0.571. The molecule has 2 heterocycles. The van der Waals surface area contributed by atoms with Crippen LogP contribution in [0.5, 0.6) is 0 Å². The van der Waals surface area contributed by atoms with Crippen molar-refractivity contribution < 1.29 is 0 Å². The number of nitrogens with zero attached hydrogens (tertiary/aromatic N) is 3. The molecule has 2 rings (SSSR count). The van der Waals surface area contributed by atoms with Crippen LogP contribution in [0.4, 0.5) is 0 Å². The van der Waals surface area contributed by atoms with Crippen molar-refractivity contribution in [3.05, 3.63) is 24.2 Å². The van der Waals surface area contributed by atoms with Gasteiger partial charge in [0, 0.05) is 19.2 Å². The summed E-state index contributed by atoms with van der Waals surface area (Å²) in [4.78, 5) is 9.16. The van der Waals surface area contributed by atoms with E-state index < -0.39 is 0 Å². The molecule has 0 unspecified atom stereocenters. The highest BCUT2D eigenvalue weighted by Gasteiger charge is 2.17. The van der Waals surface area contributed by atoms with E-state index in [-0.39, 0.29) is 5.41 Å². The summed E-state index contributed by atoms with van der Waals surface area (Å²) in [5.41, 5.74) is 2.28. The van der Waals surface area contributed by atoms with Crippen LogP contribution in [-0.2, 0) is 13.0 Å². The summed E-state index contributed by atoms with van der Waals surface area (Å²) in [5.74, 6) is 1.16. The molecule has 2 aromatic rings.